The second-order valence-electron chi connectivity index (χ2n) is 2.10. The van der Waals surface area contributed by atoms with E-state index in [0.717, 1.165) is 0 Å². The molecule has 1 N–H and O–H groups in total. The van der Waals surface area contributed by atoms with Gasteiger partial charge >= 0.3 is 0 Å². The molecule has 0 saturated heterocycles. The molecule has 0 atom stereocenters. The molecule has 0 bridgehead atoms. The van der Waals surface area contributed by atoms with E-state index < -0.39 is 10.0 Å². The first-order chi connectivity index (χ1) is 5.64. The van der Waals surface area contributed by atoms with E-state index in [-0.39, 0.29) is 12.3 Å². The minimum absolute atomic E-state index is 0.104. The minimum Gasteiger partial charge on any atom is -0.252 e. The molecule has 0 fully saturated rings. The van der Waals surface area contributed by atoms with Gasteiger partial charge in [-0.25, -0.2) is 13.1 Å². The summed E-state index contributed by atoms with van der Waals surface area (Å²) in [6, 6.07) is 0. The molecular formula is C5H8N4O2S. The topological polar surface area (TPSA) is 76.9 Å². The van der Waals surface area contributed by atoms with E-state index in [4.69, 9.17) is 7.05 Å². The third kappa shape index (κ3) is 2.59. The maximum Gasteiger partial charge on any atom is 0.213 e. The third-order valence-corrected chi connectivity index (χ3v) is 2.32. The zero-order valence-corrected chi connectivity index (χ0v) is 7.03. The van der Waals surface area contributed by atoms with Gasteiger partial charge in [-0.05, 0) is 0 Å². The van der Waals surface area contributed by atoms with E-state index in [9.17, 15) is 8.42 Å². The van der Waals surface area contributed by atoms with Gasteiger partial charge in [-0.2, -0.15) is 0 Å². The van der Waals surface area contributed by atoms with Gasteiger partial charge in [0.15, 0.2) is 0 Å². The van der Waals surface area contributed by atoms with Crippen molar-refractivity contribution in [3.8, 4) is 0 Å². The van der Waals surface area contributed by atoms with Gasteiger partial charge < -0.3 is 0 Å². The van der Waals surface area contributed by atoms with Crippen molar-refractivity contribution in [2.24, 2.45) is 0 Å². The summed E-state index contributed by atoms with van der Waals surface area (Å²) in [7, 11) is 1.41. The van der Waals surface area contributed by atoms with Crippen LogP contribution in [0, 0.1) is 7.05 Å². The van der Waals surface area contributed by atoms with Crippen LogP contribution in [0.1, 0.15) is 0 Å². The van der Waals surface area contributed by atoms with Crippen LogP contribution in [-0.2, 0) is 16.6 Å². The lowest BCUT2D eigenvalue weighted by atomic mass is 10.7. The highest BCUT2D eigenvalue weighted by Gasteiger charge is 2.06. The lowest BCUT2D eigenvalue weighted by Crippen LogP contribution is -2.23. The Morgan fingerprint density at radius 3 is 2.83 bits per heavy atom. The SMILES string of the molecule is [CH]NS(=O)(=O)CCn1ccnn1. The predicted octanol–water partition coefficient (Wildman–Crippen LogP) is -1.13. The molecule has 0 spiro atoms. The summed E-state index contributed by atoms with van der Waals surface area (Å²) in [6.07, 6.45) is 3.05. The summed E-state index contributed by atoms with van der Waals surface area (Å²) in [5.41, 5.74) is 0. The van der Waals surface area contributed by atoms with Gasteiger partial charge in [-0.1, -0.05) is 5.21 Å². The number of hydrogen-bond acceptors (Lipinski definition) is 4. The zero-order valence-electron chi connectivity index (χ0n) is 6.21. The van der Waals surface area contributed by atoms with Crippen LogP contribution in [-0.4, -0.2) is 29.2 Å². The van der Waals surface area contributed by atoms with Crippen molar-refractivity contribution in [2.45, 2.75) is 6.54 Å². The van der Waals surface area contributed by atoms with Crippen molar-refractivity contribution >= 4 is 10.0 Å². The molecule has 0 aromatic carbocycles. The summed E-state index contributed by atoms with van der Waals surface area (Å²) < 4.78 is 24.7. The number of nitrogens with zero attached hydrogens (tertiary/aromatic N) is 3. The molecule has 12 heavy (non-hydrogen) atoms. The number of aryl methyl sites for hydroxylation is 1. The summed E-state index contributed by atoms with van der Waals surface area (Å²) in [6.45, 7) is 0.243. The first-order valence-corrected chi connectivity index (χ1v) is 4.83. The maximum atomic E-state index is 10.8. The van der Waals surface area contributed by atoms with E-state index in [1.165, 1.54) is 10.9 Å². The Morgan fingerprint density at radius 2 is 2.33 bits per heavy atom. The smallest absolute Gasteiger partial charge is 0.213 e. The number of aromatic nitrogens is 3. The van der Waals surface area contributed by atoms with E-state index in [2.05, 4.69) is 10.3 Å². The molecule has 1 aromatic heterocycles. The molecule has 0 saturated carbocycles. The molecule has 7 heteroatoms. The predicted molar refractivity (Wildman–Crippen MR) is 41.2 cm³/mol. The van der Waals surface area contributed by atoms with Crippen molar-refractivity contribution < 1.29 is 8.42 Å². The van der Waals surface area contributed by atoms with Crippen LogP contribution < -0.4 is 4.72 Å². The zero-order chi connectivity index (χ0) is 9.03. The molecule has 0 aliphatic heterocycles. The second-order valence-corrected chi connectivity index (χ2v) is 3.98. The molecule has 66 valence electrons. The fourth-order valence-corrected chi connectivity index (χ4v) is 1.17. The number of sulfonamides is 1. The molecule has 0 amide bonds. The summed E-state index contributed by atoms with van der Waals surface area (Å²) in [4.78, 5) is 0. The molecule has 0 aliphatic carbocycles. The Bertz CT molecular complexity index is 317. The largest absolute Gasteiger partial charge is 0.252 e. The average molecular weight is 188 g/mol. The minimum atomic E-state index is -3.36. The van der Waals surface area contributed by atoms with Gasteiger partial charge in [0.1, 0.15) is 0 Å². The Labute approximate surface area is 70.6 Å². The van der Waals surface area contributed by atoms with Gasteiger partial charge in [0.2, 0.25) is 10.0 Å². The van der Waals surface area contributed by atoms with Crippen LogP contribution in [0.5, 0.6) is 0 Å². The van der Waals surface area contributed by atoms with Crippen LogP contribution in [0.4, 0.5) is 0 Å². The highest BCUT2D eigenvalue weighted by molar-refractivity contribution is 7.89. The van der Waals surface area contributed by atoms with Crippen LogP contribution in [0.25, 0.3) is 0 Å². The Balaban J connectivity index is 2.47. The van der Waals surface area contributed by atoms with Crippen molar-refractivity contribution in [1.29, 1.82) is 0 Å². The molecule has 1 aromatic rings. The van der Waals surface area contributed by atoms with Crippen LogP contribution in [0.2, 0.25) is 0 Å². The van der Waals surface area contributed by atoms with Gasteiger partial charge in [-0.3, -0.25) is 4.68 Å². The number of nitrogens with one attached hydrogen (secondary N) is 1. The highest BCUT2D eigenvalue weighted by Crippen LogP contribution is 1.87. The molecule has 0 aliphatic rings. The van der Waals surface area contributed by atoms with E-state index in [0.29, 0.717) is 0 Å². The molecule has 0 unspecified atom stereocenters. The number of rotatable bonds is 4. The van der Waals surface area contributed by atoms with Crippen molar-refractivity contribution in [3.63, 3.8) is 0 Å². The van der Waals surface area contributed by atoms with Gasteiger partial charge in [-0.15, -0.1) is 5.10 Å². The third-order valence-electron chi connectivity index (χ3n) is 1.24. The first kappa shape index (κ1) is 9.14. The summed E-state index contributed by atoms with van der Waals surface area (Å²) in [5, 5.41) is 7.10. The van der Waals surface area contributed by atoms with Gasteiger partial charge in [0, 0.05) is 6.20 Å². The molecule has 2 radical (unpaired) electrons. The van der Waals surface area contributed by atoms with Crippen molar-refractivity contribution in [3.05, 3.63) is 19.4 Å². The summed E-state index contributed by atoms with van der Waals surface area (Å²) in [5.74, 6) is -0.104. The lowest BCUT2D eigenvalue weighted by Gasteiger charge is -2.00. The summed E-state index contributed by atoms with van der Waals surface area (Å²) >= 11 is 0. The fourth-order valence-electron chi connectivity index (χ4n) is 0.625. The molecule has 6 nitrogen and oxygen atoms in total. The van der Waals surface area contributed by atoms with E-state index in [1.54, 1.807) is 10.9 Å². The van der Waals surface area contributed by atoms with Gasteiger partial charge in [0.25, 0.3) is 0 Å². The normalized spacial score (nSPS) is 11.8. The Morgan fingerprint density at radius 1 is 1.58 bits per heavy atom. The molecule has 1 heterocycles. The van der Waals surface area contributed by atoms with Gasteiger partial charge in [0.05, 0.1) is 25.5 Å². The highest BCUT2D eigenvalue weighted by atomic mass is 32.2. The fraction of sp³-hybridized carbons (Fsp3) is 0.400. The lowest BCUT2D eigenvalue weighted by molar-refractivity contribution is 0.570. The second kappa shape index (κ2) is 3.63. The van der Waals surface area contributed by atoms with E-state index >= 15 is 0 Å². The Kier molecular flexibility index (Phi) is 2.77. The van der Waals surface area contributed by atoms with Crippen LogP contribution in [0.3, 0.4) is 0 Å². The Hall–Kier alpha value is -0.950. The monoisotopic (exact) mass is 188 g/mol. The quantitative estimate of drug-likeness (QED) is 0.606. The average Bonchev–Trinajstić information content (AvgIpc) is 2.53. The first-order valence-electron chi connectivity index (χ1n) is 3.18. The standard InChI is InChI=1S/C5H8N4O2S/c1-6-12(10,11)5-4-9-3-2-7-8-9/h1-3,6H,4-5H2. The maximum absolute atomic E-state index is 10.8. The van der Waals surface area contributed by atoms with Crippen LogP contribution in [0.15, 0.2) is 12.4 Å². The van der Waals surface area contributed by atoms with Crippen LogP contribution >= 0.6 is 0 Å². The molecule has 1 rings (SSSR count). The van der Waals surface area contributed by atoms with Crippen molar-refractivity contribution in [2.75, 3.05) is 5.75 Å². The van der Waals surface area contributed by atoms with E-state index in [1.807, 2.05) is 0 Å². The van der Waals surface area contributed by atoms with Crippen molar-refractivity contribution in [1.82, 2.24) is 19.7 Å². The molecular weight excluding hydrogens is 180 g/mol. The number of hydrogen-bond donors (Lipinski definition) is 1.